The van der Waals surface area contributed by atoms with Crippen LogP contribution in [0.5, 0.6) is 5.75 Å². The molecule has 0 bridgehead atoms. The van der Waals surface area contributed by atoms with Crippen molar-refractivity contribution < 1.29 is 27.9 Å². The quantitative estimate of drug-likeness (QED) is 0.642. The summed E-state index contributed by atoms with van der Waals surface area (Å²) in [5, 5.41) is 12.4. The molecule has 2 aromatic rings. The zero-order valence-electron chi connectivity index (χ0n) is 18.4. The monoisotopic (exact) mass is 474 g/mol. The number of phenolic OH excluding ortho intramolecular Hbond substituents is 1. The Morgan fingerprint density at radius 3 is 2.12 bits per heavy atom. The molecule has 176 valence electrons. The average Bonchev–Trinajstić information content (AvgIpc) is 2.79. The van der Waals surface area contributed by atoms with Crippen LogP contribution in [0.15, 0.2) is 53.4 Å². The SMILES string of the molecule is CC(=O)Nc1ccc(S(=O)(=O)N(C)CC(=O)N2CCN(C(=O)c3ccccc3O)CC2)cc1. The molecule has 1 saturated heterocycles. The molecular weight excluding hydrogens is 448 g/mol. The van der Waals surface area contributed by atoms with Gasteiger partial charge in [-0.2, -0.15) is 4.31 Å². The highest BCUT2D eigenvalue weighted by molar-refractivity contribution is 7.89. The van der Waals surface area contributed by atoms with Crippen LogP contribution in [0.3, 0.4) is 0 Å². The van der Waals surface area contributed by atoms with Crippen molar-refractivity contribution in [2.45, 2.75) is 11.8 Å². The highest BCUT2D eigenvalue weighted by Crippen LogP contribution is 2.20. The summed E-state index contributed by atoms with van der Waals surface area (Å²) < 4.78 is 26.6. The molecule has 0 spiro atoms. The lowest BCUT2D eigenvalue weighted by Crippen LogP contribution is -2.52. The van der Waals surface area contributed by atoms with Gasteiger partial charge in [-0.05, 0) is 36.4 Å². The highest BCUT2D eigenvalue weighted by atomic mass is 32.2. The molecule has 2 N–H and O–H groups in total. The van der Waals surface area contributed by atoms with Crippen molar-refractivity contribution in [2.75, 3.05) is 45.1 Å². The molecule has 1 heterocycles. The van der Waals surface area contributed by atoms with Crippen LogP contribution in [0.4, 0.5) is 5.69 Å². The van der Waals surface area contributed by atoms with Crippen LogP contribution >= 0.6 is 0 Å². The fraction of sp³-hybridized carbons (Fsp3) is 0.318. The standard InChI is InChI=1S/C22H26N4O6S/c1-16(27)23-17-7-9-18(10-8-17)33(31,32)24(2)15-21(29)25-11-13-26(14-12-25)22(30)19-5-3-4-6-20(19)28/h3-10,28H,11-15H2,1-2H3,(H,23,27). The van der Waals surface area contributed by atoms with Crippen LogP contribution in [0.25, 0.3) is 0 Å². The number of phenols is 1. The van der Waals surface area contributed by atoms with E-state index in [4.69, 9.17) is 0 Å². The van der Waals surface area contributed by atoms with E-state index in [-0.39, 0.29) is 66.7 Å². The van der Waals surface area contributed by atoms with E-state index in [0.29, 0.717) is 5.69 Å². The van der Waals surface area contributed by atoms with Crippen LogP contribution < -0.4 is 5.32 Å². The Hall–Kier alpha value is -3.44. The zero-order valence-corrected chi connectivity index (χ0v) is 19.2. The number of anilines is 1. The third-order valence-electron chi connectivity index (χ3n) is 5.29. The summed E-state index contributed by atoms with van der Waals surface area (Å²) in [6, 6.07) is 12.0. The number of nitrogens with one attached hydrogen (secondary N) is 1. The minimum Gasteiger partial charge on any atom is -0.507 e. The van der Waals surface area contributed by atoms with E-state index in [9.17, 15) is 27.9 Å². The summed E-state index contributed by atoms with van der Waals surface area (Å²) in [5.41, 5.74) is 0.670. The number of nitrogens with zero attached hydrogens (tertiary/aromatic N) is 3. The fourth-order valence-corrected chi connectivity index (χ4v) is 4.57. The van der Waals surface area contributed by atoms with Crippen molar-refractivity contribution >= 4 is 33.4 Å². The van der Waals surface area contributed by atoms with Gasteiger partial charge in [0.2, 0.25) is 21.8 Å². The first-order valence-corrected chi connectivity index (χ1v) is 11.7. The zero-order chi connectivity index (χ0) is 24.2. The van der Waals surface area contributed by atoms with E-state index in [1.54, 1.807) is 17.0 Å². The Kier molecular flexibility index (Phi) is 7.34. The molecule has 0 saturated carbocycles. The molecular formula is C22H26N4O6S. The molecule has 3 amide bonds. The molecule has 1 fully saturated rings. The first-order chi connectivity index (χ1) is 15.6. The maximum atomic E-state index is 12.8. The van der Waals surface area contributed by atoms with Crippen molar-refractivity contribution in [1.82, 2.24) is 14.1 Å². The maximum Gasteiger partial charge on any atom is 0.257 e. The third kappa shape index (κ3) is 5.68. The van der Waals surface area contributed by atoms with E-state index < -0.39 is 10.0 Å². The van der Waals surface area contributed by atoms with Gasteiger partial charge in [0.1, 0.15) is 5.75 Å². The predicted molar refractivity (Wildman–Crippen MR) is 121 cm³/mol. The third-order valence-corrected chi connectivity index (χ3v) is 7.11. The largest absolute Gasteiger partial charge is 0.507 e. The van der Waals surface area contributed by atoms with Gasteiger partial charge in [0.15, 0.2) is 0 Å². The number of amides is 3. The number of piperazine rings is 1. The van der Waals surface area contributed by atoms with Crippen molar-refractivity contribution in [1.29, 1.82) is 0 Å². The normalized spacial score (nSPS) is 14.3. The lowest BCUT2D eigenvalue weighted by atomic mass is 10.1. The fourth-order valence-electron chi connectivity index (χ4n) is 3.45. The number of sulfonamides is 1. The van der Waals surface area contributed by atoms with E-state index in [1.807, 2.05) is 0 Å². The second-order valence-corrected chi connectivity index (χ2v) is 9.70. The number of carbonyl (C=O) groups excluding carboxylic acids is 3. The minimum atomic E-state index is -3.90. The van der Waals surface area contributed by atoms with Gasteiger partial charge in [0.25, 0.3) is 5.91 Å². The number of hydrogen-bond donors (Lipinski definition) is 2. The topological polar surface area (TPSA) is 127 Å². The molecule has 0 radical (unpaired) electrons. The molecule has 1 aliphatic rings. The molecule has 0 aromatic heterocycles. The van der Waals surface area contributed by atoms with Crippen LogP contribution in [0.2, 0.25) is 0 Å². The number of para-hydroxylation sites is 1. The van der Waals surface area contributed by atoms with Crippen molar-refractivity contribution in [2.24, 2.45) is 0 Å². The number of carbonyl (C=O) groups is 3. The van der Waals surface area contributed by atoms with Crippen LogP contribution in [0, 0.1) is 0 Å². The Labute approximate surface area is 192 Å². The first kappa shape index (κ1) is 24.2. The molecule has 11 heteroatoms. The van der Waals surface area contributed by atoms with E-state index >= 15 is 0 Å². The Bertz CT molecular complexity index is 1140. The van der Waals surface area contributed by atoms with Gasteiger partial charge >= 0.3 is 0 Å². The second kappa shape index (κ2) is 10.0. The van der Waals surface area contributed by atoms with Crippen molar-refractivity contribution in [3.05, 3.63) is 54.1 Å². The summed E-state index contributed by atoms with van der Waals surface area (Å²) in [5.74, 6) is -1.05. The molecule has 2 aromatic carbocycles. The molecule has 3 rings (SSSR count). The lowest BCUT2D eigenvalue weighted by molar-refractivity contribution is -0.132. The van der Waals surface area contributed by atoms with Crippen molar-refractivity contribution in [3.8, 4) is 5.75 Å². The average molecular weight is 475 g/mol. The van der Waals surface area contributed by atoms with E-state index in [0.717, 1.165) is 4.31 Å². The number of aromatic hydroxyl groups is 1. The van der Waals surface area contributed by atoms with Gasteiger partial charge in [-0.1, -0.05) is 12.1 Å². The van der Waals surface area contributed by atoms with Gasteiger partial charge in [-0.25, -0.2) is 8.42 Å². The molecule has 1 aliphatic heterocycles. The molecule has 10 nitrogen and oxygen atoms in total. The van der Waals surface area contributed by atoms with Crippen LogP contribution in [-0.4, -0.2) is 85.1 Å². The maximum absolute atomic E-state index is 12.8. The molecule has 33 heavy (non-hydrogen) atoms. The summed E-state index contributed by atoms with van der Waals surface area (Å²) in [6.45, 7) is 2.09. The first-order valence-electron chi connectivity index (χ1n) is 10.3. The molecule has 0 atom stereocenters. The van der Waals surface area contributed by atoms with Gasteiger partial charge < -0.3 is 20.2 Å². The highest BCUT2D eigenvalue weighted by Gasteiger charge is 2.29. The van der Waals surface area contributed by atoms with E-state index in [1.165, 1.54) is 55.3 Å². The van der Waals surface area contributed by atoms with Gasteiger partial charge in [-0.15, -0.1) is 0 Å². The summed E-state index contributed by atoms with van der Waals surface area (Å²) in [4.78, 5) is 39.5. The Balaban J connectivity index is 1.57. The Morgan fingerprint density at radius 2 is 1.55 bits per heavy atom. The minimum absolute atomic E-state index is 0.00462. The van der Waals surface area contributed by atoms with Crippen LogP contribution in [-0.2, 0) is 19.6 Å². The van der Waals surface area contributed by atoms with Gasteiger partial charge in [0.05, 0.1) is 17.0 Å². The smallest absolute Gasteiger partial charge is 0.257 e. The summed E-state index contributed by atoms with van der Waals surface area (Å²) in [6.07, 6.45) is 0. The molecule has 0 aliphatic carbocycles. The van der Waals surface area contributed by atoms with E-state index in [2.05, 4.69) is 5.32 Å². The number of benzene rings is 2. The predicted octanol–water partition coefficient (Wildman–Crippen LogP) is 0.956. The van der Waals surface area contributed by atoms with Gasteiger partial charge in [-0.3, -0.25) is 14.4 Å². The number of likely N-dealkylation sites (N-methyl/N-ethyl adjacent to an activating group) is 1. The van der Waals surface area contributed by atoms with Crippen LogP contribution in [0.1, 0.15) is 17.3 Å². The number of hydrogen-bond acceptors (Lipinski definition) is 6. The lowest BCUT2D eigenvalue weighted by Gasteiger charge is -2.35. The van der Waals surface area contributed by atoms with Crippen molar-refractivity contribution in [3.63, 3.8) is 0 Å². The summed E-state index contributed by atoms with van der Waals surface area (Å²) >= 11 is 0. The molecule has 0 unspecified atom stereocenters. The second-order valence-electron chi connectivity index (χ2n) is 7.66. The summed E-state index contributed by atoms with van der Waals surface area (Å²) in [7, 11) is -2.58. The van der Waals surface area contributed by atoms with Gasteiger partial charge in [0, 0.05) is 45.8 Å². The Morgan fingerprint density at radius 1 is 0.970 bits per heavy atom. The number of rotatable bonds is 6.